The van der Waals surface area contributed by atoms with Crippen molar-refractivity contribution in [3.8, 4) is 0 Å². The third-order valence-corrected chi connectivity index (χ3v) is 12.3. The Hall–Kier alpha value is 1.07. The quantitative estimate of drug-likeness (QED) is 0.0455. The Kier molecular flexibility index (Phi) is 56.1. The van der Waals surface area contributed by atoms with Crippen LogP contribution in [0, 0.1) is 0 Å². The predicted molar refractivity (Wildman–Crippen MR) is 241 cm³/mol. The first-order chi connectivity index (χ1) is 26.7. The Morgan fingerprint density at radius 1 is 0.291 bits per heavy atom. The monoisotopic (exact) mass is 800 g/mol. The summed E-state index contributed by atoms with van der Waals surface area (Å²) in [5.41, 5.74) is 0. The Morgan fingerprint density at radius 2 is 0.455 bits per heavy atom. The van der Waals surface area contributed by atoms with E-state index < -0.39 is 5.97 Å². The molecule has 0 fully saturated rings. The zero-order chi connectivity index (χ0) is 39.1. The standard InChI is InChI=1S/C51H103NO2.K/c1-3-5-7-9-11-13-15-17-19-21-23-25-27-29-31-33-35-37-39-41-43-45-48-52(50-47-51(53)54)49-46-44-42-40-38-36-34-32-30-28-26-24-22-20-18-16-14-12-10-8-6-4-2;/h3-50H2,1-2H3,(H,53,54);/q;+1/p-1. The first kappa shape index (κ1) is 58.2. The third kappa shape index (κ3) is 53.0. The number of carboxylic acid groups (broad SMARTS) is 1. The van der Waals surface area contributed by atoms with Gasteiger partial charge in [0.05, 0.1) is 0 Å². The molecule has 0 saturated carbocycles. The van der Waals surface area contributed by atoms with Crippen molar-refractivity contribution in [3.05, 3.63) is 0 Å². The Bertz CT molecular complexity index is 640. The van der Waals surface area contributed by atoms with Gasteiger partial charge in [0.1, 0.15) is 0 Å². The van der Waals surface area contributed by atoms with Crippen LogP contribution in [0.15, 0.2) is 0 Å². The van der Waals surface area contributed by atoms with Gasteiger partial charge in [0.15, 0.2) is 0 Å². The van der Waals surface area contributed by atoms with Crippen molar-refractivity contribution >= 4 is 5.97 Å². The van der Waals surface area contributed by atoms with Gasteiger partial charge in [-0.1, -0.05) is 284 Å². The number of hydrogen-bond acceptors (Lipinski definition) is 3. The molecule has 0 radical (unpaired) electrons. The van der Waals surface area contributed by atoms with Crippen LogP contribution in [0.25, 0.3) is 0 Å². The van der Waals surface area contributed by atoms with E-state index in [-0.39, 0.29) is 57.8 Å². The summed E-state index contributed by atoms with van der Waals surface area (Å²) in [5, 5.41) is 11.1. The van der Waals surface area contributed by atoms with Gasteiger partial charge in [-0.15, -0.1) is 0 Å². The molecule has 324 valence electrons. The summed E-state index contributed by atoms with van der Waals surface area (Å²) in [6.07, 6.45) is 62.6. The fraction of sp³-hybridized carbons (Fsp3) is 0.980. The molecule has 0 bridgehead atoms. The van der Waals surface area contributed by atoms with Gasteiger partial charge in [0.2, 0.25) is 0 Å². The van der Waals surface area contributed by atoms with Crippen molar-refractivity contribution < 1.29 is 61.3 Å². The second kappa shape index (κ2) is 53.1. The van der Waals surface area contributed by atoms with Crippen molar-refractivity contribution in [2.24, 2.45) is 0 Å². The van der Waals surface area contributed by atoms with Crippen LogP contribution in [-0.2, 0) is 4.79 Å². The molecule has 0 aromatic carbocycles. The van der Waals surface area contributed by atoms with E-state index in [1.807, 2.05) is 0 Å². The van der Waals surface area contributed by atoms with Crippen LogP contribution in [0.5, 0.6) is 0 Å². The maximum Gasteiger partial charge on any atom is 1.00 e. The van der Waals surface area contributed by atoms with Gasteiger partial charge < -0.3 is 14.8 Å². The number of carbonyl (C=O) groups excluding carboxylic acids is 1. The number of unbranched alkanes of at least 4 members (excludes halogenated alkanes) is 42. The van der Waals surface area contributed by atoms with Crippen molar-refractivity contribution in [3.63, 3.8) is 0 Å². The van der Waals surface area contributed by atoms with E-state index in [0.29, 0.717) is 6.54 Å². The molecule has 0 N–H and O–H groups in total. The van der Waals surface area contributed by atoms with Crippen LogP contribution in [-0.4, -0.2) is 30.5 Å². The Morgan fingerprint density at radius 3 is 0.618 bits per heavy atom. The van der Waals surface area contributed by atoms with Gasteiger partial charge in [-0.25, -0.2) is 0 Å². The van der Waals surface area contributed by atoms with Crippen molar-refractivity contribution in [2.45, 2.75) is 303 Å². The van der Waals surface area contributed by atoms with E-state index in [9.17, 15) is 9.90 Å². The largest absolute Gasteiger partial charge is 1.00 e. The Labute approximate surface area is 391 Å². The fourth-order valence-electron chi connectivity index (χ4n) is 8.47. The van der Waals surface area contributed by atoms with E-state index in [1.54, 1.807) is 0 Å². The van der Waals surface area contributed by atoms with Gasteiger partial charge in [-0.05, 0) is 32.4 Å². The number of rotatable bonds is 49. The summed E-state index contributed by atoms with van der Waals surface area (Å²) in [7, 11) is 0. The summed E-state index contributed by atoms with van der Waals surface area (Å²) >= 11 is 0. The molecular formula is C51H102KNO2. The smallest absolute Gasteiger partial charge is 0.550 e. The van der Waals surface area contributed by atoms with Crippen LogP contribution >= 0.6 is 0 Å². The number of aliphatic carboxylic acids is 1. The van der Waals surface area contributed by atoms with Crippen LogP contribution in [0.2, 0.25) is 0 Å². The van der Waals surface area contributed by atoms with E-state index in [4.69, 9.17) is 0 Å². The second-order valence-electron chi connectivity index (χ2n) is 17.8. The van der Waals surface area contributed by atoms with Gasteiger partial charge >= 0.3 is 51.4 Å². The summed E-state index contributed by atoms with van der Waals surface area (Å²) in [4.78, 5) is 13.5. The minimum Gasteiger partial charge on any atom is -0.550 e. The maximum atomic E-state index is 11.1. The van der Waals surface area contributed by atoms with Gasteiger partial charge in [0, 0.05) is 12.5 Å². The molecule has 0 heterocycles. The SMILES string of the molecule is CCCCCCCCCCCCCCCCCCCCCCCCN(CCCCCCCCCCCCCCCCCCCCCCCC)CCC(=O)[O-].[K+]. The minimum atomic E-state index is -0.900. The van der Waals surface area contributed by atoms with Crippen LogP contribution in [0.1, 0.15) is 303 Å². The molecule has 0 atom stereocenters. The molecule has 0 unspecified atom stereocenters. The first-order valence-electron chi connectivity index (χ1n) is 25.6. The summed E-state index contributed by atoms with van der Waals surface area (Å²) in [6, 6.07) is 0. The molecule has 0 aromatic rings. The Balaban J connectivity index is 0. The number of carboxylic acids is 1. The van der Waals surface area contributed by atoms with Crippen LogP contribution < -0.4 is 56.5 Å². The van der Waals surface area contributed by atoms with Crippen molar-refractivity contribution in [1.82, 2.24) is 4.90 Å². The van der Waals surface area contributed by atoms with E-state index in [2.05, 4.69) is 18.7 Å². The molecule has 0 rings (SSSR count). The van der Waals surface area contributed by atoms with Gasteiger partial charge in [-0.3, -0.25) is 0 Å². The molecule has 55 heavy (non-hydrogen) atoms. The number of hydrogen-bond donors (Lipinski definition) is 0. The molecule has 0 aliphatic heterocycles. The van der Waals surface area contributed by atoms with Crippen LogP contribution in [0.3, 0.4) is 0 Å². The number of carbonyl (C=O) groups is 1. The summed E-state index contributed by atoms with van der Waals surface area (Å²) in [6.45, 7) is 7.39. The molecule has 0 saturated heterocycles. The topological polar surface area (TPSA) is 43.4 Å². The third-order valence-electron chi connectivity index (χ3n) is 12.3. The van der Waals surface area contributed by atoms with Crippen LogP contribution in [0.4, 0.5) is 0 Å². The van der Waals surface area contributed by atoms with E-state index in [1.165, 1.54) is 283 Å². The van der Waals surface area contributed by atoms with Crippen molar-refractivity contribution in [1.29, 1.82) is 0 Å². The molecule has 3 nitrogen and oxygen atoms in total. The fourth-order valence-corrected chi connectivity index (χ4v) is 8.47. The zero-order valence-electron chi connectivity index (χ0n) is 38.7. The van der Waals surface area contributed by atoms with Gasteiger partial charge in [-0.2, -0.15) is 0 Å². The molecule has 0 aromatic heterocycles. The minimum absolute atomic E-state index is 0. The predicted octanol–water partition coefficient (Wildman–Crippen LogP) is 13.6. The molecule has 0 spiro atoms. The summed E-state index contributed by atoms with van der Waals surface area (Å²) in [5.74, 6) is -0.900. The van der Waals surface area contributed by atoms with Gasteiger partial charge in [0.25, 0.3) is 0 Å². The zero-order valence-corrected chi connectivity index (χ0v) is 41.8. The van der Waals surface area contributed by atoms with E-state index in [0.717, 1.165) is 13.1 Å². The molecular weight excluding hydrogens is 698 g/mol. The van der Waals surface area contributed by atoms with E-state index >= 15 is 0 Å². The first-order valence-corrected chi connectivity index (χ1v) is 25.6. The second-order valence-corrected chi connectivity index (χ2v) is 17.8. The molecule has 4 heteroatoms. The molecule has 0 aliphatic rings. The molecule has 0 amide bonds. The average Bonchev–Trinajstić information content (AvgIpc) is 3.17. The normalized spacial score (nSPS) is 11.5. The molecule has 0 aliphatic carbocycles. The number of nitrogens with zero attached hydrogens (tertiary/aromatic N) is 1. The maximum absolute atomic E-state index is 11.1. The average molecular weight is 800 g/mol. The van der Waals surface area contributed by atoms with Crippen molar-refractivity contribution in [2.75, 3.05) is 19.6 Å². The summed E-state index contributed by atoms with van der Waals surface area (Å²) < 4.78 is 0.